The van der Waals surface area contributed by atoms with Crippen LogP contribution in [0.2, 0.25) is 5.02 Å². The molecule has 0 fully saturated rings. The van der Waals surface area contributed by atoms with Crippen LogP contribution in [0.1, 0.15) is 38.7 Å². The monoisotopic (exact) mass is 285 g/mol. The lowest BCUT2D eigenvalue weighted by Gasteiger charge is -2.13. The molecular weight excluding hydrogens is 262 g/mol. The standard InChI is InChI=1S/C15H24ClNS/c1-3-4-7-10-17-11-13(2)18-12-14-8-5-6-9-15(14)16/h5-6,8-9,13,17H,3-4,7,10-12H2,1-2H3. The third kappa shape index (κ3) is 6.67. The summed E-state index contributed by atoms with van der Waals surface area (Å²) in [5.74, 6) is 0.998. The zero-order valence-corrected chi connectivity index (χ0v) is 13.0. The van der Waals surface area contributed by atoms with Crippen LogP contribution in [0.25, 0.3) is 0 Å². The molecule has 0 saturated heterocycles. The third-order valence-electron chi connectivity index (χ3n) is 2.87. The van der Waals surface area contributed by atoms with E-state index in [4.69, 9.17) is 11.6 Å². The molecule has 0 bridgehead atoms. The summed E-state index contributed by atoms with van der Waals surface area (Å²) in [5.41, 5.74) is 1.24. The first-order valence-electron chi connectivity index (χ1n) is 6.79. The van der Waals surface area contributed by atoms with Crippen LogP contribution in [0.4, 0.5) is 0 Å². The fourth-order valence-electron chi connectivity index (χ4n) is 1.71. The van der Waals surface area contributed by atoms with Crippen molar-refractivity contribution < 1.29 is 0 Å². The van der Waals surface area contributed by atoms with Gasteiger partial charge in [0.1, 0.15) is 0 Å². The number of benzene rings is 1. The molecule has 0 heterocycles. The smallest absolute Gasteiger partial charge is 0.0446 e. The van der Waals surface area contributed by atoms with Gasteiger partial charge in [0.05, 0.1) is 0 Å². The maximum Gasteiger partial charge on any atom is 0.0446 e. The quantitative estimate of drug-likeness (QED) is 0.658. The van der Waals surface area contributed by atoms with Crippen molar-refractivity contribution in [3.63, 3.8) is 0 Å². The molecule has 0 amide bonds. The van der Waals surface area contributed by atoms with Crippen molar-refractivity contribution in [1.29, 1.82) is 0 Å². The molecule has 1 aromatic rings. The SMILES string of the molecule is CCCCCNCC(C)SCc1ccccc1Cl. The molecule has 102 valence electrons. The van der Waals surface area contributed by atoms with E-state index in [0.29, 0.717) is 5.25 Å². The van der Waals surface area contributed by atoms with Gasteiger partial charge in [0.2, 0.25) is 0 Å². The molecule has 1 atom stereocenters. The van der Waals surface area contributed by atoms with E-state index in [0.717, 1.165) is 23.9 Å². The highest BCUT2D eigenvalue weighted by Gasteiger charge is 2.04. The van der Waals surface area contributed by atoms with E-state index in [1.807, 2.05) is 23.9 Å². The highest BCUT2D eigenvalue weighted by molar-refractivity contribution is 7.99. The van der Waals surface area contributed by atoms with Crippen LogP contribution in [0.3, 0.4) is 0 Å². The van der Waals surface area contributed by atoms with Gasteiger partial charge >= 0.3 is 0 Å². The number of rotatable bonds is 9. The first-order valence-corrected chi connectivity index (χ1v) is 8.22. The van der Waals surface area contributed by atoms with Gasteiger partial charge in [0.25, 0.3) is 0 Å². The fourth-order valence-corrected chi connectivity index (χ4v) is 2.95. The largest absolute Gasteiger partial charge is 0.316 e. The van der Waals surface area contributed by atoms with Crippen molar-refractivity contribution in [3.8, 4) is 0 Å². The Morgan fingerprint density at radius 1 is 1.28 bits per heavy atom. The Morgan fingerprint density at radius 2 is 2.06 bits per heavy atom. The third-order valence-corrected chi connectivity index (χ3v) is 4.45. The van der Waals surface area contributed by atoms with E-state index in [-0.39, 0.29) is 0 Å². The second-order valence-corrected chi connectivity index (χ2v) is 6.46. The summed E-state index contributed by atoms with van der Waals surface area (Å²) >= 11 is 8.10. The van der Waals surface area contributed by atoms with Crippen LogP contribution in [0, 0.1) is 0 Å². The fraction of sp³-hybridized carbons (Fsp3) is 0.600. The lowest BCUT2D eigenvalue weighted by Crippen LogP contribution is -2.23. The molecule has 0 aliphatic carbocycles. The number of unbranched alkanes of at least 4 members (excludes halogenated alkanes) is 2. The van der Waals surface area contributed by atoms with Gasteiger partial charge in [0, 0.05) is 22.6 Å². The van der Waals surface area contributed by atoms with E-state index in [9.17, 15) is 0 Å². The normalized spacial score (nSPS) is 12.6. The van der Waals surface area contributed by atoms with Crippen LogP contribution < -0.4 is 5.32 Å². The summed E-state index contributed by atoms with van der Waals surface area (Å²) in [4.78, 5) is 0. The molecule has 1 rings (SSSR count). The molecule has 18 heavy (non-hydrogen) atoms. The van der Waals surface area contributed by atoms with E-state index in [1.165, 1.54) is 24.8 Å². The minimum Gasteiger partial charge on any atom is -0.316 e. The molecule has 1 aromatic carbocycles. The van der Waals surface area contributed by atoms with Gasteiger partial charge in [-0.15, -0.1) is 0 Å². The average molecular weight is 286 g/mol. The maximum atomic E-state index is 6.14. The highest BCUT2D eigenvalue weighted by atomic mass is 35.5. The summed E-state index contributed by atoms with van der Waals surface area (Å²) in [6.07, 6.45) is 3.91. The lowest BCUT2D eigenvalue weighted by atomic mass is 10.2. The Labute approximate surface area is 121 Å². The first-order chi connectivity index (χ1) is 8.74. The second kappa shape index (κ2) is 9.71. The number of nitrogens with one attached hydrogen (secondary N) is 1. The van der Waals surface area contributed by atoms with Crippen molar-refractivity contribution >= 4 is 23.4 Å². The van der Waals surface area contributed by atoms with Crippen LogP contribution in [-0.4, -0.2) is 18.3 Å². The maximum absolute atomic E-state index is 6.14. The first kappa shape index (κ1) is 15.9. The predicted molar refractivity (Wildman–Crippen MR) is 84.6 cm³/mol. The molecule has 1 nitrogen and oxygen atoms in total. The molecule has 1 unspecified atom stereocenters. The number of hydrogen-bond acceptors (Lipinski definition) is 2. The van der Waals surface area contributed by atoms with Gasteiger partial charge in [-0.3, -0.25) is 0 Å². The Kier molecular flexibility index (Phi) is 8.57. The molecular formula is C15H24ClNS. The zero-order valence-electron chi connectivity index (χ0n) is 11.4. The van der Waals surface area contributed by atoms with Crippen molar-refractivity contribution in [1.82, 2.24) is 5.32 Å². The van der Waals surface area contributed by atoms with Crippen molar-refractivity contribution in [2.45, 2.75) is 44.1 Å². The Balaban J connectivity index is 2.13. The van der Waals surface area contributed by atoms with Gasteiger partial charge in [-0.1, -0.05) is 56.5 Å². The van der Waals surface area contributed by atoms with Crippen molar-refractivity contribution in [2.24, 2.45) is 0 Å². The number of thioether (sulfide) groups is 1. The molecule has 0 aromatic heterocycles. The minimum absolute atomic E-state index is 0.628. The topological polar surface area (TPSA) is 12.0 Å². The second-order valence-electron chi connectivity index (χ2n) is 4.62. The summed E-state index contributed by atoms with van der Waals surface area (Å²) in [6.45, 7) is 6.74. The van der Waals surface area contributed by atoms with Crippen molar-refractivity contribution in [3.05, 3.63) is 34.9 Å². The summed E-state index contributed by atoms with van der Waals surface area (Å²) < 4.78 is 0. The molecule has 0 aliphatic rings. The van der Waals surface area contributed by atoms with Gasteiger partial charge in [0.15, 0.2) is 0 Å². The van der Waals surface area contributed by atoms with E-state index < -0.39 is 0 Å². The van der Waals surface area contributed by atoms with Gasteiger partial charge in [-0.2, -0.15) is 11.8 Å². The molecule has 0 spiro atoms. The van der Waals surface area contributed by atoms with Crippen LogP contribution in [0.5, 0.6) is 0 Å². The molecule has 0 radical (unpaired) electrons. The van der Waals surface area contributed by atoms with Gasteiger partial charge < -0.3 is 5.32 Å². The summed E-state index contributed by atoms with van der Waals surface area (Å²) in [6, 6.07) is 8.10. The van der Waals surface area contributed by atoms with Gasteiger partial charge in [-0.05, 0) is 24.6 Å². The van der Waals surface area contributed by atoms with Crippen molar-refractivity contribution in [2.75, 3.05) is 13.1 Å². The van der Waals surface area contributed by atoms with E-state index in [1.54, 1.807) is 0 Å². The molecule has 0 aliphatic heterocycles. The van der Waals surface area contributed by atoms with Gasteiger partial charge in [-0.25, -0.2) is 0 Å². The number of hydrogen-bond donors (Lipinski definition) is 1. The van der Waals surface area contributed by atoms with E-state index >= 15 is 0 Å². The predicted octanol–water partition coefficient (Wildman–Crippen LogP) is 4.74. The lowest BCUT2D eigenvalue weighted by molar-refractivity contribution is 0.615. The minimum atomic E-state index is 0.628. The Hall–Kier alpha value is -0.180. The van der Waals surface area contributed by atoms with Crippen LogP contribution >= 0.6 is 23.4 Å². The molecule has 0 saturated carbocycles. The average Bonchev–Trinajstić information content (AvgIpc) is 2.37. The van der Waals surface area contributed by atoms with E-state index in [2.05, 4.69) is 31.3 Å². The molecule has 3 heteroatoms. The molecule has 1 N–H and O–H groups in total. The summed E-state index contributed by atoms with van der Waals surface area (Å²) in [7, 11) is 0. The Bertz CT molecular complexity index is 330. The summed E-state index contributed by atoms with van der Waals surface area (Å²) in [5, 5.41) is 5.03. The van der Waals surface area contributed by atoms with Crippen LogP contribution in [-0.2, 0) is 5.75 Å². The van der Waals surface area contributed by atoms with Crippen LogP contribution in [0.15, 0.2) is 24.3 Å². The Morgan fingerprint density at radius 3 is 2.78 bits per heavy atom. The zero-order chi connectivity index (χ0) is 13.2. The highest BCUT2D eigenvalue weighted by Crippen LogP contribution is 2.23. The number of halogens is 1.